The van der Waals surface area contributed by atoms with Crippen LogP contribution in [0.1, 0.15) is 15.9 Å². The van der Waals surface area contributed by atoms with Crippen LogP contribution in [0, 0.1) is 12.7 Å². The van der Waals surface area contributed by atoms with Gasteiger partial charge in [0.05, 0.1) is 18.4 Å². The van der Waals surface area contributed by atoms with Gasteiger partial charge in [-0.15, -0.1) is 0 Å². The lowest BCUT2D eigenvalue weighted by molar-refractivity contribution is 0.102. The minimum absolute atomic E-state index is 0.333. The van der Waals surface area contributed by atoms with Gasteiger partial charge in [0.2, 0.25) is 0 Å². The Labute approximate surface area is 124 Å². The standard InChI is InChI=1S/C15H13BrFNO2/c1-9-3-6-14(20-2)13(7-9)18-15(19)11-5-4-10(17)8-12(11)16/h3-8H,1-2H3,(H,18,19). The van der Waals surface area contributed by atoms with Crippen LogP contribution >= 0.6 is 15.9 Å². The van der Waals surface area contributed by atoms with Gasteiger partial charge in [-0.05, 0) is 58.7 Å². The number of halogens is 2. The van der Waals surface area contributed by atoms with Crippen molar-refractivity contribution in [2.24, 2.45) is 0 Å². The number of carbonyl (C=O) groups is 1. The Morgan fingerprint density at radius 3 is 2.65 bits per heavy atom. The molecule has 2 rings (SSSR count). The average molecular weight is 338 g/mol. The number of carbonyl (C=O) groups excluding carboxylic acids is 1. The number of anilines is 1. The zero-order valence-corrected chi connectivity index (χ0v) is 12.6. The Morgan fingerprint density at radius 2 is 2.00 bits per heavy atom. The molecule has 5 heteroatoms. The molecule has 0 aliphatic heterocycles. The maximum atomic E-state index is 13.0. The molecule has 0 saturated heterocycles. The van der Waals surface area contributed by atoms with E-state index in [-0.39, 0.29) is 5.91 Å². The summed E-state index contributed by atoms with van der Waals surface area (Å²) in [6, 6.07) is 9.41. The fourth-order valence-electron chi connectivity index (χ4n) is 1.78. The SMILES string of the molecule is COc1ccc(C)cc1NC(=O)c1ccc(F)cc1Br. The predicted octanol–water partition coefficient (Wildman–Crippen LogP) is 4.16. The van der Waals surface area contributed by atoms with Gasteiger partial charge >= 0.3 is 0 Å². The van der Waals surface area contributed by atoms with Gasteiger partial charge in [-0.1, -0.05) is 6.07 Å². The molecular formula is C15H13BrFNO2. The average Bonchev–Trinajstić information content (AvgIpc) is 2.38. The fourth-order valence-corrected chi connectivity index (χ4v) is 2.31. The van der Waals surface area contributed by atoms with Crippen LogP contribution in [0.15, 0.2) is 40.9 Å². The molecule has 3 nitrogen and oxygen atoms in total. The number of aryl methyl sites for hydroxylation is 1. The molecule has 0 atom stereocenters. The molecule has 0 bridgehead atoms. The van der Waals surface area contributed by atoms with Crippen LogP contribution in [0.4, 0.5) is 10.1 Å². The number of rotatable bonds is 3. The maximum Gasteiger partial charge on any atom is 0.256 e. The lowest BCUT2D eigenvalue weighted by Crippen LogP contribution is -2.13. The van der Waals surface area contributed by atoms with Crippen LogP contribution < -0.4 is 10.1 Å². The van der Waals surface area contributed by atoms with Crippen molar-refractivity contribution in [2.75, 3.05) is 12.4 Å². The molecule has 2 aromatic carbocycles. The van der Waals surface area contributed by atoms with E-state index in [1.807, 2.05) is 19.1 Å². The van der Waals surface area contributed by atoms with Crippen molar-refractivity contribution >= 4 is 27.5 Å². The summed E-state index contributed by atoms with van der Waals surface area (Å²) in [6.07, 6.45) is 0. The van der Waals surface area contributed by atoms with E-state index in [1.54, 1.807) is 6.07 Å². The molecule has 0 aliphatic rings. The highest BCUT2D eigenvalue weighted by Gasteiger charge is 2.13. The molecule has 1 amide bonds. The Morgan fingerprint density at radius 1 is 1.25 bits per heavy atom. The molecule has 0 aromatic heterocycles. The maximum absolute atomic E-state index is 13.0. The number of amides is 1. The number of benzene rings is 2. The molecule has 0 radical (unpaired) electrons. The van der Waals surface area contributed by atoms with Gasteiger partial charge in [0.15, 0.2) is 0 Å². The molecule has 0 saturated carbocycles. The van der Waals surface area contributed by atoms with E-state index in [9.17, 15) is 9.18 Å². The summed E-state index contributed by atoms with van der Waals surface area (Å²) >= 11 is 3.18. The van der Waals surface area contributed by atoms with Gasteiger partial charge in [0.1, 0.15) is 11.6 Å². The van der Waals surface area contributed by atoms with Crippen molar-refractivity contribution < 1.29 is 13.9 Å². The number of methoxy groups -OCH3 is 1. The van der Waals surface area contributed by atoms with E-state index in [4.69, 9.17) is 4.74 Å². The first-order valence-corrected chi connectivity index (χ1v) is 6.71. The third kappa shape index (κ3) is 3.17. The van der Waals surface area contributed by atoms with Crippen molar-refractivity contribution in [3.63, 3.8) is 0 Å². The van der Waals surface area contributed by atoms with Crippen molar-refractivity contribution in [3.8, 4) is 5.75 Å². The lowest BCUT2D eigenvalue weighted by atomic mass is 10.1. The topological polar surface area (TPSA) is 38.3 Å². The second-order valence-electron chi connectivity index (χ2n) is 4.28. The number of hydrogen-bond donors (Lipinski definition) is 1. The van der Waals surface area contributed by atoms with Crippen LogP contribution in [0.2, 0.25) is 0 Å². The Kier molecular flexibility index (Phi) is 4.39. The molecule has 0 unspecified atom stereocenters. The van der Waals surface area contributed by atoms with E-state index in [1.165, 1.54) is 25.3 Å². The molecule has 0 aliphatic carbocycles. The molecule has 0 heterocycles. The smallest absolute Gasteiger partial charge is 0.256 e. The van der Waals surface area contributed by atoms with Gasteiger partial charge in [-0.3, -0.25) is 4.79 Å². The van der Waals surface area contributed by atoms with Crippen LogP contribution in [-0.2, 0) is 0 Å². The van der Waals surface area contributed by atoms with E-state index in [2.05, 4.69) is 21.2 Å². The van der Waals surface area contributed by atoms with Crippen LogP contribution in [0.3, 0.4) is 0 Å². The zero-order valence-electron chi connectivity index (χ0n) is 11.0. The normalized spacial score (nSPS) is 10.2. The van der Waals surface area contributed by atoms with E-state index in [0.29, 0.717) is 21.5 Å². The van der Waals surface area contributed by atoms with Crippen LogP contribution in [0.5, 0.6) is 5.75 Å². The molecule has 1 N–H and O–H groups in total. The number of nitrogens with one attached hydrogen (secondary N) is 1. The van der Waals surface area contributed by atoms with Gasteiger partial charge < -0.3 is 10.1 Å². The Balaban J connectivity index is 2.30. The number of hydrogen-bond acceptors (Lipinski definition) is 2. The van der Waals surface area contributed by atoms with E-state index < -0.39 is 5.82 Å². The second kappa shape index (κ2) is 6.05. The van der Waals surface area contributed by atoms with Crippen molar-refractivity contribution in [2.45, 2.75) is 6.92 Å². The van der Waals surface area contributed by atoms with Gasteiger partial charge in [-0.25, -0.2) is 4.39 Å². The summed E-state index contributed by atoms with van der Waals surface area (Å²) in [5.41, 5.74) is 1.93. The van der Waals surface area contributed by atoms with Gasteiger partial charge in [0, 0.05) is 4.47 Å². The Hall–Kier alpha value is -1.88. The summed E-state index contributed by atoms with van der Waals surface area (Å²) in [5, 5.41) is 2.76. The fraction of sp³-hybridized carbons (Fsp3) is 0.133. The molecular weight excluding hydrogens is 325 g/mol. The minimum atomic E-state index is -0.401. The van der Waals surface area contributed by atoms with Crippen LogP contribution in [-0.4, -0.2) is 13.0 Å². The number of ether oxygens (including phenoxy) is 1. The summed E-state index contributed by atoms with van der Waals surface area (Å²) in [4.78, 5) is 12.2. The first kappa shape index (κ1) is 14.5. The third-order valence-electron chi connectivity index (χ3n) is 2.78. The first-order valence-electron chi connectivity index (χ1n) is 5.92. The first-order chi connectivity index (χ1) is 9.51. The lowest BCUT2D eigenvalue weighted by Gasteiger charge is -2.11. The highest BCUT2D eigenvalue weighted by molar-refractivity contribution is 9.10. The molecule has 0 fully saturated rings. The summed E-state index contributed by atoms with van der Waals surface area (Å²) in [6.45, 7) is 1.92. The van der Waals surface area contributed by atoms with Crippen molar-refractivity contribution in [3.05, 3.63) is 57.8 Å². The van der Waals surface area contributed by atoms with E-state index in [0.717, 1.165) is 5.56 Å². The molecule has 104 valence electrons. The zero-order chi connectivity index (χ0) is 14.7. The third-order valence-corrected chi connectivity index (χ3v) is 3.44. The summed E-state index contributed by atoms with van der Waals surface area (Å²) < 4.78 is 18.6. The predicted molar refractivity (Wildman–Crippen MR) is 79.8 cm³/mol. The van der Waals surface area contributed by atoms with Crippen LogP contribution in [0.25, 0.3) is 0 Å². The second-order valence-corrected chi connectivity index (χ2v) is 5.14. The molecule has 0 spiro atoms. The van der Waals surface area contributed by atoms with Crippen molar-refractivity contribution in [1.29, 1.82) is 0 Å². The van der Waals surface area contributed by atoms with E-state index >= 15 is 0 Å². The van der Waals surface area contributed by atoms with Gasteiger partial charge in [-0.2, -0.15) is 0 Å². The molecule has 2 aromatic rings. The quantitative estimate of drug-likeness (QED) is 0.913. The Bertz CT molecular complexity index is 658. The molecule has 20 heavy (non-hydrogen) atoms. The monoisotopic (exact) mass is 337 g/mol. The summed E-state index contributed by atoms with van der Waals surface area (Å²) in [5.74, 6) is -0.162. The van der Waals surface area contributed by atoms with Gasteiger partial charge in [0.25, 0.3) is 5.91 Å². The van der Waals surface area contributed by atoms with Crippen molar-refractivity contribution in [1.82, 2.24) is 0 Å². The highest BCUT2D eigenvalue weighted by Crippen LogP contribution is 2.27. The largest absolute Gasteiger partial charge is 0.495 e. The summed E-state index contributed by atoms with van der Waals surface area (Å²) in [7, 11) is 1.54. The minimum Gasteiger partial charge on any atom is -0.495 e. The highest BCUT2D eigenvalue weighted by atomic mass is 79.9.